The molecule has 2 rings (SSSR count). The van der Waals surface area contributed by atoms with Crippen LogP contribution in [-0.2, 0) is 0 Å². The lowest BCUT2D eigenvalue weighted by Crippen LogP contribution is -2.28. The van der Waals surface area contributed by atoms with Gasteiger partial charge in [-0.1, -0.05) is 17.7 Å². The van der Waals surface area contributed by atoms with Crippen molar-refractivity contribution in [2.75, 3.05) is 13.2 Å². The van der Waals surface area contributed by atoms with Crippen molar-refractivity contribution < 1.29 is 9.66 Å². The lowest BCUT2D eigenvalue weighted by molar-refractivity contribution is -0.385. The lowest BCUT2D eigenvalue weighted by atomic mass is 10.2. The summed E-state index contributed by atoms with van der Waals surface area (Å²) in [6.07, 6.45) is 2.14. The zero-order valence-corrected chi connectivity index (χ0v) is 9.94. The Labute approximate surface area is 104 Å². The van der Waals surface area contributed by atoms with Crippen LogP contribution < -0.4 is 10.1 Å². The first-order valence-corrected chi connectivity index (χ1v) is 5.85. The van der Waals surface area contributed by atoms with Crippen LogP contribution in [-0.4, -0.2) is 24.1 Å². The highest BCUT2D eigenvalue weighted by molar-refractivity contribution is 6.32. The van der Waals surface area contributed by atoms with Gasteiger partial charge in [0.1, 0.15) is 6.61 Å². The van der Waals surface area contributed by atoms with Crippen LogP contribution in [0.4, 0.5) is 5.69 Å². The number of nitrogens with one attached hydrogen (secondary N) is 1. The summed E-state index contributed by atoms with van der Waals surface area (Å²) in [6, 6.07) is 4.78. The quantitative estimate of drug-likeness (QED) is 0.664. The predicted molar refractivity (Wildman–Crippen MR) is 64.6 cm³/mol. The van der Waals surface area contributed by atoms with E-state index >= 15 is 0 Å². The molecule has 6 heteroatoms. The van der Waals surface area contributed by atoms with Gasteiger partial charge in [-0.05, 0) is 25.5 Å². The van der Waals surface area contributed by atoms with E-state index in [-0.39, 0.29) is 22.5 Å². The molecule has 0 amide bonds. The fourth-order valence-corrected chi connectivity index (χ4v) is 2.09. The number of para-hydroxylation sites is 1. The van der Waals surface area contributed by atoms with Crippen LogP contribution in [0.15, 0.2) is 18.2 Å². The Morgan fingerprint density at radius 1 is 1.59 bits per heavy atom. The molecule has 1 N–H and O–H groups in total. The average Bonchev–Trinajstić information content (AvgIpc) is 2.80. The molecule has 0 saturated carbocycles. The second-order valence-electron chi connectivity index (χ2n) is 3.95. The van der Waals surface area contributed by atoms with Crippen molar-refractivity contribution in [1.82, 2.24) is 5.32 Å². The van der Waals surface area contributed by atoms with E-state index in [0.29, 0.717) is 6.61 Å². The summed E-state index contributed by atoms with van der Waals surface area (Å²) in [5, 5.41) is 14.4. The number of rotatable bonds is 4. The number of nitro benzene ring substituents is 1. The molecule has 0 bridgehead atoms. The van der Waals surface area contributed by atoms with Gasteiger partial charge in [0.05, 0.1) is 9.95 Å². The molecule has 1 atom stereocenters. The van der Waals surface area contributed by atoms with Crippen molar-refractivity contribution in [1.29, 1.82) is 0 Å². The van der Waals surface area contributed by atoms with E-state index in [2.05, 4.69) is 5.32 Å². The van der Waals surface area contributed by atoms with Crippen molar-refractivity contribution in [3.63, 3.8) is 0 Å². The molecule has 0 spiro atoms. The third kappa shape index (κ3) is 2.87. The minimum atomic E-state index is -0.483. The third-order valence-corrected chi connectivity index (χ3v) is 3.03. The van der Waals surface area contributed by atoms with Gasteiger partial charge in [0.2, 0.25) is 5.75 Å². The van der Waals surface area contributed by atoms with E-state index in [9.17, 15) is 10.1 Å². The molecule has 1 aliphatic rings. The first-order valence-electron chi connectivity index (χ1n) is 5.47. The van der Waals surface area contributed by atoms with E-state index in [1.54, 1.807) is 12.1 Å². The number of hydrogen-bond donors (Lipinski definition) is 1. The minimum Gasteiger partial charge on any atom is -0.484 e. The summed E-state index contributed by atoms with van der Waals surface area (Å²) in [7, 11) is 0. The normalized spacial score (nSPS) is 19.2. The number of halogens is 1. The summed E-state index contributed by atoms with van der Waals surface area (Å²) in [5.41, 5.74) is -0.0875. The van der Waals surface area contributed by atoms with Gasteiger partial charge in [-0.25, -0.2) is 0 Å². The molecule has 1 fully saturated rings. The number of ether oxygens (including phenoxy) is 1. The van der Waals surface area contributed by atoms with Gasteiger partial charge in [0.15, 0.2) is 0 Å². The van der Waals surface area contributed by atoms with Crippen LogP contribution in [0.2, 0.25) is 5.02 Å². The highest BCUT2D eigenvalue weighted by Crippen LogP contribution is 2.34. The topological polar surface area (TPSA) is 64.4 Å². The maximum absolute atomic E-state index is 10.8. The van der Waals surface area contributed by atoms with Crippen molar-refractivity contribution >= 4 is 17.3 Å². The van der Waals surface area contributed by atoms with Gasteiger partial charge < -0.3 is 10.1 Å². The van der Waals surface area contributed by atoms with E-state index in [4.69, 9.17) is 16.3 Å². The number of benzene rings is 1. The summed E-state index contributed by atoms with van der Waals surface area (Å²) < 4.78 is 5.48. The van der Waals surface area contributed by atoms with Crippen LogP contribution in [0.3, 0.4) is 0 Å². The highest BCUT2D eigenvalue weighted by Gasteiger charge is 2.21. The molecular formula is C11H13ClN2O3. The molecule has 0 aliphatic carbocycles. The Balaban J connectivity index is 2.10. The fraction of sp³-hybridized carbons (Fsp3) is 0.455. The molecule has 17 heavy (non-hydrogen) atoms. The summed E-state index contributed by atoms with van der Waals surface area (Å²) in [6.45, 7) is 1.38. The lowest BCUT2D eigenvalue weighted by Gasteiger charge is -2.12. The molecule has 92 valence electrons. The van der Waals surface area contributed by atoms with Gasteiger partial charge >= 0.3 is 5.69 Å². The zero-order valence-electron chi connectivity index (χ0n) is 9.19. The minimum absolute atomic E-state index is 0.0875. The van der Waals surface area contributed by atoms with E-state index in [1.165, 1.54) is 6.07 Å². The summed E-state index contributed by atoms with van der Waals surface area (Å²) in [5.74, 6) is 0.160. The van der Waals surface area contributed by atoms with Gasteiger partial charge in [-0.3, -0.25) is 10.1 Å². The fourth-order valence-electron chi connectivity index (χ4n) is 1.87. The monoisotopic (exact) mass is 256 g/mol. The average molecular weight is 257 g/mol. The molecule has 1 saturated heterocycles. The van der Waals surface area contributed by atoms with Crippen LogP contribution in [0.5, 0.6) is 5.75 Å². The molecule has 1 aromatic rings. The number of nitro groups is 1. The maximum atomic E-state index is 10.8. The second-order valence-corrected chi connectivity index (χ2v) is 4.36. The zero-order chi connectivity index (χ0) is 12.3. The van der Waals surface area contributed by atoms with E-state index in [0.717, 1.165) is 19.4 Å². The first-order chi connectivity index (χ1) is 8.18. The molecule has 1 aliphatic heterocycles. The number of nitrogens with zero attached hydrogens (tertiary/aromatic N) is 1. The third-order valence-electron chi connectivity index (χ3n) is 2.73. The van der Waals surface area contributed by atoms with E-state index < -0.39 is 4.92 Å². The van der Waals surface area contributed by atoms with Crippen LogP contribution in [0.1, 0.15) is 12.8 Å². The SMILES string of the molecule is O=[N+]([O-])c1cccc(Cl)c1OCC1CCCN1. The van der Waals surface area contributed by atoms with Crippen molar-refractivity contribution in [3.8, 4) is 5.75 Å². The maximum Gasteiger partial charge on any atom is 0.312 e. The Hall–Kier alpha value is -1.33. The van der Waals surface area contributed by atoms with Crippen LogP contribution in [0.25, 0.3) is 0 Å². The largest absolute Gasteiger partial charge is 0.484 e. The Bertz CT molecular complexity index is 419. The predicted octanol–water partition coefficient (Wildman–Crippen LogP) is 2.38. The molecule has 1 aromatic carbocycles. The summed E-state index contributed by atoms with van der Waals surface area (Å²) >= 11 is 5.91. The second kappa shape index (κ2) is 5.33. The van der Waals surface area contributed by atoms with Gasteiger partial charge in [-0.2, -0.15) is 0 Å². The van der Waals surface area contributed by atoms with Crippen molar-refractivity contribution in [3.05, 3.63) is 33.3 Å². The Morgan fingerprint density at radius 2 is 2.41 bits per heavy atom. The molecular weight excluding hydrogens is 244 g/mol. The van der Waals surface area contributed by atoms with Gasteiger partial charge in [0, 0.05) is 12.1 Å². The van der Waals surface area contributed by atoms with Gasteiger partial charge in [0.25, 0.3) is 0 Å². The molecule has 1 unspecified atom stereocenters. The summed E-state index contributed by atoms with van der Waals surface area (Å²) in [4.78, 5) is 10.3. The molecule has 0 aromatic heterocycles. The van der Waals surface area contributed by atoms with E-state index in [1.807, 2.05) is 0 Å². The Kier molecular flexibility index (Phi) is 3.81. The molecule has 5 nitrogen and oxygen atoms in total. The molecule has 0 radical (unpaired) electrons. The van der Waals surface area contributed by atoms with Crippen LogP contribution >= 0.6 is 11.6 Å². The standard InChI is InChI=1S/C11H13ClN2O3/c12-9-4-1-5-10(14(15)16)11(9)17-7-8-3-2-6-13-8/h1,4-5,8,13H,2-3,6-7H2. The smallest absolute Gasteiger partial charge is 0.312 e. The first kappa shape index (κ1) is 12.1. The van der Waals surface area contributed by atoms with Crippen LogP contribution in [0, 0.1) is 10.1 Å². The van der Waals surface area contributed by atoms with Gasteiger partial charge in [-0.15, -0.1) is 0 Å². The molecule has 1 heterocycles. The number of hydrogen-bond acceptors (Lipinski definition) is 4. The highest BCUT2D eigenvalue weighted by atomic mass is 35.5. The van der Waals surface area contributed by atoms with Crippen molar-refractivity contribution in [2.45, 2.75) is 18.9 Å². The Morgan fingerprint density at radius 3 is 3.06 bits per heavy atom. The van der Waals surface area contributed by atoms with Crippen molar-refractivity contribution in [2.24, 2.45) is 0 Å².